The van der Waals surface area contributed by atoms with E-state index in [1.54, 1.807) is 11.3 Å². The van der Waals surface area contributed by atoms with Crippen LogP contribution in [0.4, 0.5) is 17.1 Å². The lowest BCUT2D eigenvalue weighted by Crippen LogP contribution is -2.09. The molecule has 0 unspecified atom stereocenters. The first-order valence-electron chi connectivity index (χ1n) is 9.18. The highest BCUT2D eigenvalue weighted by atomic mass is 35.5. The number of carbonyl (C=O) groups is 1. The lowest BCUT2D eigenvalue weighted by Gasteiger charge is -2.25. The van der Waals surface area contributed by atoms with Crippen molar-refractivity contribution >= 4 is 51.3 Å². The number of allylic oxidation sites excluding steroid dienone is 1. The van der Waals surface area contributed by atoms with E-state index in [0.717, 1.165) is 32.4 Å². The van der Waals surface area contributed by atoms with Gasteiger partial charge >= 0.3 is 0 Å². The molecule has 142 valence electrons. The maximum atomic E-state index is 10.6. The van der Waals surface area contributed by atoms with Gasteiger partial charge in [0, 0.05) is 26.8 Å². The SMILES string of the molecule is O=CC=C(Cl)c1ccc(-c2ccc(N(c3ccccc3)c3ccccc3)cc2)s1. The molecule has 0 amide bonds. The van der Waals surface area contributed by atoms with Gasteiger partial charge in [0.25, 0.3) is 0 Å². The van der Waals surface area contributed by atoms with Gasteiger partial charge in [0.05, 0.1) is 5.03 Å². The Morgan fingerprint density at radius 1 is 0.724 bits per heavy atom. The molecule has 2 nitrogen and oxygen atoms in total. The van der Waals surface area contributed by atoms with Gasteiger partial charge in [-0.1, -0.05) is 60.1 Å². The van der Waals surface area contributed by atoms with E-state index in [1.165, 1.54) is 6.08 Å². The summed E-state index contributed by atoms with van der Waals surface area (Å²) in [5.74, 6) is 0. The summed E-state index contributed by atoms with van der Waals surface area (Å²) in [6.45, 7) is 0. The zero-order valence-electron chi connectivity index (χ0n) is 15.5. The molecule has 1 aromatic heterocycles. The van der Waals surface area contributed by atoms with Gasteiger partial charge in [-0.15, -0.1) is 11.3 Å². The van der Waals surface area contributed by atoms with Crippen LogP contribution in [-0.2, 0) is 4.79 Å². The summed E-state index contributed by atoms with van der Waals surface area (Å²) < 4.78 is 0. The molecule has 0 N–H and O–H groups in total. The number of halogens is 1. The van der Waals surface area contributed by atoms with Crippen LogP contribution in [0.5, 0.6) is 0 Å². The number of thiophene rings is 1. The second kappa shape index (κ2) is 8.91. The van der Waals surface area contributed by atoms with E-state index in [9.17, 15) is 4.79 Å². The van der Waals surface area contributed by atoms with Gasteiger partial charge in [-0.3, -0.25) is 4.79 Å². The fourth-order valence-electron chi connectivity index (χ4n) is 3.14. The van der Waals surface area contributed by atoms with Crippen LogP contribution in [-0.4, -0.2) is 6.29 Å². The minimum atomic E-state index is 0.465. The smallest absolute Gasteiger partial charge is 0.144 e. The van der Waals surface area contributed by atoms with Crippen molar-refractivity contribution in [1.82, 2.24) is 0 Å². The van der Waals surface area contributed by atoms with Crippen molar-refractivity contribution in [3.8, 4) is 10.4 Å². The predicted octanol–water partition coefficient (Wildman–Crippen LogP) is 7.66. The quantitative estimate of drug-likeness (QED) is 0.238. The molecule has 0 aliphatic rings. The number of rotatable bonds is 6. The summed E-state index contributed by atoms with van der Waals surface area (Å²) in [7, 11) is 0. The Balaban J connectivity index is 1.68. The Hall–Kier alpha value is -3.14. The third kappa shape index (κ3) is 4.32. The average Bonchev–Trinajstić information content (AvgIpc) is 3.27. The summed E-state index contributed by atoms with van der Waals surface area (Å²) in [4.78, 5) is 14.9. The standard InChI is InChI=1S/C25H18ClNOS/c26-23(17-18-28)25-16-15-24(29-25)19-11-13-22(14-12-19)27(20-7-3-1-4-8-20)21-9-5-2-6-10-21/h1-18H. The molecule has 0 bridgehead atoms. The monoisotopic (exact) mass is 415 g/mol. The van der Waals surface area contributed by atoms with E-state index < -0.39 is 0 Å². The molecule has 4 heteroatoms. The summed E-state index contributed by atoms with van der Waals surface area (Å²) in [6.07, 6.45) is 2.08. The number of benzene rings is 3. The molecule has 29 heavy (non-hydrogen) atoms. The molecule has 4 aromatic rings. The second-order valence-corrected chi connectivity index (χ2v) is 7.86. The first-order chi connectivity index (χ1) is 14.3. The van der Waals surface area contributed by atoms with E-state index in [2.05, 4.69) is 53.4 Å². The van der Waals surface area contributed by atoms with Crippen molar-refractivity contribution in [1.29, 1.82) is 0 Å². The number of para-hydroxylation sites is 2. The van der Waals surface area contributed by atoms with Gasteiger partial charge in [-0.05, 0) is 60.2 Å². The Morgan fingerprint density at radius 2 is 1.28 bits per heavy atom. The van der Waals surface area contributed by atoms with Crippen LogP contribution < -0.4 is 4.90 Å². The molecule has 0 atom stereocenters. The van der Waals surface area contributed by atoms with Crippen LogP contribution in [0, 0.1) is 0 Å². The van der Waals surface area contributed by atoms with Crippen molar-refractivity contribution in [2.75, 3.05) is 4.90 Å². The van der Waals surface area contributed by atoms with E-state index in [1.807, 2.05) is 48.5 Å². The fourth-order valence-corrected chi connectivity index (χ4v) is 4.30. The zero-order chi connectivity index (χ0) is 20.1. The molecular formula is C25H18ClNOS. The average molecular weight is 416 g/mol. The molecule has 1 heterocycles. The fraction of sp³-hybridized carbons (Fsp3) is 0. The largest absolute Gasteiger partial charge is 0.311 e. The molecule has 0 aliphatic heterocycles. The third-order valence-corrected chi connectivity index (χ3v) is 6.10. The predicted molar refractivity (Wildman–Crippen MR) is 124 cm³/mol. The molecule has 0 saturated heterocycles. The van der Waals surface area contributed by atoms with E-state index in [4.69, 9.17) is 11.6 Å². The summed E-state index contributed by atoms with van der Waals surface area (Å²) in [6, 6.07) is 33.1. The second-order valence-electron chi connectivity index (χ2n) is 6.37. The number of aldehydes is 1. The van der Waals surface area contributed by atoms with Crippen molar-refractivity contribution < 1.29 is 4.79 Å². The van der Waals surface area contributed by atoms with Crippen LogP contribution >= 0.6 is 22.9 Å². The highest BCUT2D eigenvalue weighted by Crippen LogP contribution is 2.37. The Bertz CT molecular complexity index is 1080. The Labute approximate surface area is 179 Å². The normalized spacial score (nSPS) is 11.3. The van der Waals surface area contributed by atoms with Gasteiger partial charge in [0.2, 0.25) is 0 Å². The molecule has 3 aromatic carbocycles. The molecule has 0 fully saturated rings. The topological polar surface area (TPSA) is 20.3 Å². The highest BCUT2D eigenvalue weighted by Gasteiger charge is 2.12. The lowest BCUT2D eigenvalue weighted by molar-refractivity contribution is -0.104. The van der Waals surface area contributed by atoms with Crippen LogP contribution in [0.25, 0.3) is 15.5 Å². The first kappa shape index (κ1) is 19.2. The minimum Gasteiger partial charge on any atom is -0.311 e. The summed E-state index contributed by atoms with van der Waals surface area (Å²) in [5, 5.41) is 0.465. The molecule has 4 rings (SSSR count). The van der Waals surface area contributed by atoms with E-state index in [0.29, 0.717) is 11.3 Å². The number of anilines is 3. The molecule has 0 aliphatic carbocycles. The van der Waals surface area contributed by atoms with Crippen LogP contribution in [0.15, 0.2) is 103 Å². The van der Waals surface area contributed by atoms with Gasteiger partial charge in [-0.2, -0.15) is 0 Å². The van der Waals surface area contributed by atoms with Crippen molar-refractivity contribution in [2.24, 2.45) is 0 Å². The summed E-state index contributed by atoms with van der Waals surface area (Å²) >= 11 is 7.71. The maximum Gasteiger partial charge on any atom is 0.144 e. The summed E-state index contributed by atoms with van der Waals surface area (Å²) in [5.41, 5.74) is 4.41. The van der Waals surface area contributed by atoms with E-state index in [-0.39, 0.29) is 0 Å². The zero-order valence-corrected chi connectivity index (χ0v) is 17.1. The first-order valence-corrected chi connectivity index (χ1v) is 10.4. The minimum absolute atomic E-state index is 0.465. The van der Waals surface area contributed by atoms with Gasteiger partial charge in [-0.25, -0.2) is 0 Å². The molecule has 0 saturated carbocycles. The van der Waals surface area contributed by atoms with Crippen LogP contribution in [0.3, 0.4) is 0 Å². The molecular weight excluding hydrogens is 398 g/mol. The van der Waals surface area contributed by atoms with Gasteiger partial charge in [0.1, 0.15) is 6.29 Å². The van der Waals surface area contributed by atoms with Crippen molar-refractivity contribution in [2.45, 2.75) is 0 Å². The Morgan fingerprint density at radius 3 is 1.83 bits per heavy atom. The Kier molecular flexibility index (Phi) is 5.89. The highest BCUT2D eigenvalue weighted by molar-refractivity contribution is 7.17. The van der Waals surface area contributed by atoms with Crippen molar-refractivity contribution in [3.63, 3.8) is 0 Å². The van der Waals surface area contributed by atoms with Crippen LogP contribution in [0.1, 0.15) is 4.88 Å². The van der Waals surface area contributed by atoms with Gasteiger partial charge < -0.3 is 4.90 Å². The number of hydrogen-bond acceptors (Lipinski definition) is 3. The number of carbonyl (C=O) groups excluding carboxylic acids is 1. The number of nitrogens with zero attached hydrogens (tertiary/aromatic N) is 1. The lowest BCUT2D eigenvalue weighted by atomic mass is 10.1. The van der Waals surface area contributed by atoms with Crippen molar-refractivity contribution in [3.05, 3.63) is 108 Å². The maximum absolute atomic E-state index is 10.6. The van der Waals surface area contributed by atoms with Crippen LogP contribution in [0.2, 0.25) is 0 Å². The molecule has 0 spiro atoms. The number of hydrogen-bond donors (Lipinski definition) is 0. The molecule has 0 radical (unpaired) electrons. The third-order valence-electron chi connectivity index (χ3n) is 4.49. The van der Waals surface area contributed by atoms with Gasteiger partial charge in [0.15, 0.2) is 0 Å². The van der Waals surface area contributed by atoms with E-state index >= 15 is 0 Å².